The fourth-order valence-corrected chi connectivity index (χ4v) is 2.23. The van der Waals surface area contributed by atoms with E-state index in [-0.39, 0.29) is 5.41 Å². The smallest absolute Gasteiger partial charge is 0.0597 e. The molecule has 0 atom stereocenters. The Hall–Kier alpha value is -1.61. The van der Waals surface area contributed by atoms with Crippen LogP contribution >= 0.6 is 0 Å². The van der Waals surface area contributed by atoms with Crippen molar-refractivity contribution in [3.05, 3.63) is 41.7 Å². The lowest BCUT2D eigenvalue weighted by molar-refractivity contribution is 0.590. The van der Waals surface area contributed by atoms with E-state index in [1.165, 1.54) is 22.4 Å². The van der Waals surface area contributed by atoms with Crippen LogP contribution in [-0.2, 0) is 19.0 Å². The second-order valence-corrected chi connectivity index (χ2v) is 5.99. The molecule has 0 spiro atoms. The van der Waals surface area contributed by atoms with E-state index in [9.17, 15) is 0 Å². The number of aryl methyl sites for hydroxylation is 1. The first-order chi connectivity index (χ1) is 8.93. The molecule has 102 valence electrons. The Kier molecular flexibility index (Phi) is 3.76. The molecule has 0 radical (unpaired) electrons. The summed E-state index contributed by atoms with van der Waals surface area (Å²) in [5, 5.41) is 7.56. The third-order valence-electron chi connectivity index (χ3n) is 3.47. The first-order valence-corrected chi connectivity index (χ1v) is 6.70. The van der Waals surface area contributed by atoms with Crippen LogP contribution in [0, 0.1) is 0 Å². The molecule has 1 aromatic heterocycles. The molecular formula is C16H23N3. The number of nitrogens with one attached hydrogen (secondary N) is 1. The molecule has 2 aromatic rings. The van der Waals surface area contributed by atoms with Gasteiger partial charge in [-0.1, -0.05) is 45.0 Å². The van der Waals surface area contributed by atoms with Crippen LogP contribution in [0.4, 0.5) is 0 Å². The highest BCUT2D eigenvalue weighted by Crippen LogP contribution is 2.27. The van der Waals surface area contributed by atoms with E-state index in [2.05, 4.69) is 55.5 Å². The largest absolute Gasteiger partial charge is 0.314 e. The van der Waals surface area contributed by atoms with Crippen LogP contribution in [0.5, 0.6) is 0 Å². The predicted molar refractivity (Wildman–Crippen MR) is 80.1 cm³/mol. The van der Waals surface area contributed by atoms with Crippen LogP contribution in [0.15, 0.2) is 30.5 Å². The number of hydrogen-bond donors (Lipinski definition) is 1. The van der Waals surface area contributed by atoms with Crippen molar-refractivity contribution in [2.45, 2.75) is 32.7 Å². The van der Waals surface area contributed by atoms with Gasteiger partial charge in [0.1, 0.15) is 0 Å². The standard InChI is InChI=1S/C16H23N3/c1-16(2,3)13-8-6-12(7-9-13)14-10-18-19(5)15(14)11-17-4/h6-10,17H,11H2,1-5H3. The van der Waals surface area contributed by atoms with Crippen LogP contribution in [0.1, 0.15) is 32.0 Å². The molecule has 2 rings (SSSR count). The maximum absolute atomic E-state index is 4.36. The minimum atomic E-state index is 0.196. The summed E-state index contributed by atoms with van der Waals surface area (Å²) in [4.78, 5) is 0. The lowest BCUT2D eigenvalue weighted by atomic mass is 9.86. The molecule has 0 unspecified atom stereocenters. The van der Waals surface area contributed by atoms with Gasteiger partial charge in [0.2, 0.25) is 0 Å². The molecule has 0 bridgehead atoms. The summed E-state index contributed by atoms with van der Waals surface area (Å²) in [5.74, 6) is 0. The van der Waals surface area contributed by atoms with Gasteiger partial charge in [0.25, 0.3) is 0 Å². The van der Waals surface area contributed by atoms with Gasteiger partial charge in [0.05, 0.1) is 11.9 Å². The number of benzene rings is 1. The lowest BCUT2D eigenvalue weighted by Gasteiger charge is -2.19. The predicted octanol–water partition coefficient (Wildman–Crippen LogP) is 3.10. The van der Waals surface area contributed by atoms with Gasteiger partial charge < -0.3 is 5.32 Å². The summed E-state index contributed by atoms with van der Waals surface area (Å²) >= 11 is 0. The molecule has 19 heavy (non-hydrogen) atoms. The molecule has 3 heteroatoms. The molecule has 1 N–H and O–H groups in total. The summed E-state index contributed by atoms with van der Waals surface area (Å²) < 4.78 is 1.93. The topological polar surface area (TPSA) is 29.9 Å². The molecule has 0 saturated heterocycles. The summed E-state index contributed by atoms with van der Waals surface area (Å²) in [5.41, 5.74) is 5.20. The highest BCUT2D eigenvalue weighted by Gasteiger charge is 2.14. The van der Waals surface area contributed by atoms with Gasteiger partial charge in [0.15, 0.2) is 0 Å². The van der Waals surface area contributed by atoms with E-state index in [1.54, 1.807) is 0 Å². The number of hydrogen-bond acceptors (Lipinski definition) is 2. The highest BCUT2D eigenvalue weighted by molar-refractivity contribution is 5.65. The molecule has 0 amide bonds. The fraction of sp³-hybridized carbons (Fsp3) is 0.438. The molecule has 0 aliphatic heterocycles. The van der Waals surface area contributed by atoms with Crippen molar-refractivity contribution in [2.75, 3.05) is 7.05 Å². The Labute approximate surface area is 115 Å². The summed E-state index contributed by atoms with van der Waals surface area (Å²) in [6, 6.07) is 8.81. The van der Waals surface area contributed by atoms with E-state index in [0.29, 0.717) is 0 Å². The Morgan fingerprint density at radius 3 is 2.32 bits per heavy atom. The van der Waals surface area contributed by atoms with E-state index in [4.69, 9.17) is 0 Å². The quantitative estimate of drug-likeness (QED) is 0.915. The van der Waals surface area contributed by atoms with Crippen molar-refractivity contribution in [3.8, 4) is 11.1 Å². The minimum Gasteiger partial charge on any atom is -0.314 e. The third-order valence-corrected chi connectivity index (χ3v) is 3.47. The van der Waals surface area contributed by atoms with Crippen molar-refractivity contribution in [1.82, 2.24) is 15.1 Å². The maximum Gasteiger partial charge on any atom is 0.0597 e. The monoisotopic (exact) mass is 257 g/mol. The highest BCUT2D eigenvalue weighted by atomic mass is 15.3. The van der Waals surface area contributed by atoms with Crippen LogP contribution in [0.2, 0.25) is 0 Å². The second-order valence-electron chi connectivity index (χ2n) is 5.99. The van der Waals surface area contributed by atoms with Gasteiger partial charge in [-0.3, -0.25) is 4.68 Å². The molecule has 1 aromatic carbocycles. The summed E-state index contributed by atoms with van der Waals surface area (Å²) in [6.07, 6.45) is 1.94. The third kappa shape index (κ3) is 2.87. The number of nitrogens with zero attached hydrogens (tertiary/aromatic N) is 2. The zero-order valence-corrected chi connectivity index (χ0v) is 12.5. The van der Waals surface area contributed by atoms with Crippen molar-refractivity contribution in [3.63, 3.8) is 0 Å². The minimum absolute atomic E-state index is 0.196. The van der Waals surface area contributed by atoms with Crippen molar-refractivity contribution in [1.29, 1.82) is 0 Å². The number of aromatic nitrogens is 2. The first kappa shape index (κ1) is 13.8. The van der Waals surface area contributed by atoms with Crippen LogP contribution in [0.3, 0.4) is 0 Å². The van der Waals surface area contributed by atoms with Crippen molar-refractivity contribution in [2.24, 2.45) is 7.05 Å². The molecule has 0 aliphatic rings. The van der Waals surface area contributed by atoms with E-state index >= 15 is 0 Å². The molecule has 0 aliphatic carbocycles. The van der Waals surface area contributed by atoms with Crippen LogP contribution in [-0.4, -0.2) is 16.8 Å². The fourth-order valence-electron chi connectivity index (χ4n) is 2.23. The van der Waals surface area contributed by atoms with Crippen LogP contribution in [0.25, 0.3) is 11.1 Å². The van der Waals surface area contributed by atoms with Gasteiger partial charge in [-0.25, -0.2) is 0 Å². The molecule has 0 saturated carbocycles. The van der Waals surface area contributed by atoms with Gasteiger partial charge >= 0.3 is 0 Å². The normalized spacial score (nSPS) is 11.8. The van der Waals surface area contributed by atoms with Crippen molar-refractivity contribution >= 4 is 0 Å². The van der Waals surface area contributed by atoms with Crippen LogP contribution < -0.4 is 5.32 Å². The first-order valence-electron chi connectivity index (χ1n) is 6.70. The Morgan fingerprint density at radius 1 is 1.16 bits per heavy atom. The average Bonchev–Trinajstić information content (AvgIpc) is 2.71. The van der Waals surface area contributed by atoms with Gasteiger partial charge in [-0.15, -0.1) is 0 Å². The molecular weight excluding hydrogens is 234 g/mol. The second kappa shape index (κ2) is 5.17. The van der Waals surface area contributed by atoms with Gasteiger partial charge in [-0.05, 0) is 23.6 Å². The number of rotatable bonds is 3. The van der Waals surface area contributed by atoms with Gasteiger partial charge in [0, 0.05) is 19.2 Å². The van der Waals surface area contributed by atoms with Gasteiger partial charge in [-0.2, -0.15) is 5.10 Å². The molecule has 3 nitrogen and oxygen atoms in total. The molecule has 1 heterocycles. The van der Waals surface area contributed by atoms with Crippen molar-refractivity contribution < 1.29 is 0 Å². The SMILES string of the molecule is CNCc1c(-c2ccc(C(C)(C)C)cc2)cnn1C. The van der Waals surface area contributed by atoms with E-state index in [1.807, 2.05) is 25.0 Å². The van der Waals surface area contributed by atoms with E-state index < -0.39 is 0 Å². The maximum atomic E-state index is 4.36. The summed E-state index contributed by atoms with van der Waals surface area (Å²) in [7, 11) is 3.94. The van der Waals surface area contributed by atoms with E-state index in [0.717, 1.165) is 6.54 Å². The molecule has 0 fully saturated rings. The zero-order chi connectivity index (χ0) is 14.0. The average molecular weight is 257 g/mol. The Bertz CT molecular complexity index is 544. The zero-order valence-electron chi connectivity index (χ0n) is 12.5. The summed E-state index contributed by atoms with van der Waals surface area (Å²) in [6.45, 7) is 7.53. The Balaban J connectivity index is 2.38. The lowest BCUT2D eigenvalue weighted by Crippen LogP contribution is -2.11. The Morgan fingerprint density at radius 2 is 1.79 bits per heavy atom.